The molecule has 0 saturated carbocycles. The lowest BCUT2D eigenvalue weighted by Crippen LogP contribution is -2.44. The van der Waals surface area contributed by atoms with Crippen molar-refractivity contribution in [1.29, 1.82) is 0 Å². The Hall–Kier alpha value is -0.750. The highest BCUT2D eigenvalue weighted by atomic mass is 127. The van der Waals surface area contributed by atoms with Gasteiger partial charge in [-0.1, -0.05) is 22.6 Å². The van der Waals surface area contributed by atoms with Crippen LogP contribution in [0.25, 0.3) is 0 Å². The topological polar surface area (TPSA) is 114 Å². The molecule has 1 heterocycles. The molecule has 8 nitrogen and oxygen atoms in total. The predicted molar refractivity (Wildman–Crippen MR) is 88.2 cm³/mol. The number of rotatable bonds is 8. The number of nitrogens with zero attached hydrogens (tertiary/aromatic N) is 2. The van der Waals surface area contributed by atoms with Crippen molar-refractivity contribution in [3.63, 3.8) is 0 Å². The molecule has 1 aromatic heterocycles. The average molecular weight is 428 g/mol. The largest absolute Gasteiger partial charge is 0.394 e. The van der Waals surface area contributed by atoms with Crippen molar-refractivity contribution < 1.29 is 20.1 Å². The summed E-state index contributed by atoms with van der Waals surface area (Å²) in [6, 6.07) is 0. The van der Waals surface area contributed by atoms with Gasteiger partial charge >= 0.3 is 5.69 Å². The first-order valence-electron chi connectivity index (χ1n) is 6.78. The van der Waals surface area contributed by atoms with Crippen molar-refractivity contribution in [1.82, 2.24) is 9.13 Å². The molecular formula is C13H21IN2O6. The Balaban J connectivity index is 2.99. The zero-order valence-corrected chi connectivity index (χ0v) is 14.6. The number of aliphatic hydroxyl groups is 3. The van der Waals surface area contributed by atoms with Crippen LogP contribution in [0.4, 0.5) is 0 Å². The van der Waals surface area contributed by atoms with Crippen LogP contribution in [-0.2, 0) is 18.0 Å². The van der Waals surface area contributed by atoms with E-state index in [1.807, 2.05) is 0 Å². The van der Waals surface area contributed by atoms with E-state index < -0.39 is 30.6 Å². The van der Waals surface area contributed by atoms with Gasteiger partial charge in [-0.3, -0.25) is 13.9 Å². The number of hydrogen-bond acceptors (Lipinski definition) is 6. The fraction of sp³-hybridized carbons (Fsp3) is 0.692. The maximum absolute atomic E-state index is 12.2. The van der Waals surface area contributed by atoms with Crippen LogP contribution < -0.4 is 11.2 Å². The summed E-state index contributed by atoms with van der Waals surface area (Å²) < 4.78 is 8.21. The maximum atomic E-state index is 12.2. The Labute approximate surface area is 141 Å². The van der Waals surface area contributed by atoms with Crippen molar-refractivity contribution in [2.75, 3.05) is 11.0 Å². The summed E-state index contributed by atoms with van der Waals surface area (Å²) >= 11 is 2.07. The van der Waals surface area contributed by atoms with Crippen molar-refractivity contribution in [3.05, 3.63) is 32.6 Å². The van der Waals surface area contributed by atoms with Crippen molar-refractivity contribution in [3.8, 4) is 0 Å². The second-order valence-corrected chi connectivity index (χ2v) is 6.04. The van der Waals surface area contributed by atoms with Crippen LogP contribution in [0.1, 0.15) is 12.5 Å². The second kappa shape index (κ2) is 8.77. The summed E-state index contributed by atoms with van der Waals surface area (Å²) in [5.41, 5.74) is -0.471. The number of aromatic nitrogens is 2. The van der Waals surface area contributed by atoms with Crippen molar-refractivity contribution in [2.24, 2.45) is 0 Å². The van der Waals surface area contributed by atoms with E-state index in [1.54, 1.807) is 6.92 Å². The Bertz CT molecular complexity index is 597. The van der Waals surface area contributed by atoms with E-state index >= 15 is 0 Å². The highest BCUT2D eigenvalue weighted by molar-refractivity contribution is 14.1. The van der Waals surface area contributed by atoms with Crippen LogP contribution in [0, 0.1) is 6.92 Å². The summed E-state index contributed by atoms with van der Waals surface area (Å²) in [7, 11) is 0. The van der Waals surface area contributed by atoms with Gasteiger partial charge in [0.15, 0.2) is 0 Å². The smallest absolute Gasteiger partial charge is 0.332 e. The Morgan fingerprint density at radius 3 is 2.50 bits per heavy atom. The van der Waals surface area contributed by atoms with Gasteiger partial charge in [0.2, 0.25) is 0 Å². The van der Waals surface area contributed by atoms with Gasteiger partial charge in [0, 0.05) is 22.7 Å². The van der Waals surface area contributed by atoms with Crippen LogP contribution in [-0.4, -0.2) is 53.8 Å². The van der Waals surface area contributed by atoms with E-state index in [2.05, 4.69) is 22.6 Å². The first kappa shape index (κ1) is 19.3. The summed E-state index contributed by atoms with van der Waals surface area (Å²) in [4.78, 5) is 24.1. The van der Waals surface area contributed by atoms with Crippen molar-refractivity contribution >= 4 is 22.6 Å². The summed E-state index contributed by atoms with van der Waals surface area (Å²) in [5.74, 6) is 0. The number of ether oxygens (including phenoxy) is 1. The van der Waals surface area contributed by atoms with Gasteiger partial charge in [-0.05, 0) is 13.8 Å². The van der Waals surface area contributed by atoms with Crippen LogP contribution in [0.2, 0.25) is 0 Å². The summed E-state index contributed by atoms with van der Waals surface area (Å²) in [6.45, 7) is 2.51. The van der Waals surface area contributed by atoms with E-state index in [9.17, 15) is 24.9 Å². The molecule has 1 rings (SSSR count). The van der Waals surface area contributed by atoms with Crippen LogP contribution >= 0.6 is 22.6 Å². The molecule has 0 aromatic carbocycles. The van der Waals surface area contributed by atoms with Gasteiger partial charge in [-0.2, -0.15) is 0 Å². The van der Waals surface area contributed by atoms with Crippen molar-refractivity contribution in [2.45, 2.75) is 45.4 Å². The van der Waals surface area contributed by atoms with Crippen LogP contribution in [0.5, 0.6) is 0 Å². The maximum Gasteiger partial charge on any atom is 0.332 e. The molecule has 0 saturated heterocycles. The first-order chi connectivity index (χ1) is 10.3. The summed E-state index contributed by atoms with van der Waals surface area (Å²) in [6.07, 6.45) is -2.01. The average Bonchev–Trinajstić information content (AvgIpc) is 2.48. The third kappa shape index (κ3) is 4.62. The SMILES string of the molecule is Cc1cn(COC(CO)[C@@H](O)C(C)O)c(=O)n(CCI)c1=O. The molecule has 3 N–H and O–H groups in total. The third-order valence-corrected chi connectivity index (χ3v) is 3.68. The molecule has 0 aliphatic heterocycles. The molecule has 1 aromatic rings. The quantitative estimate of drug-likeness (QED) is 0.355. The van der Waals surface area contributed by atoms with E-state index in [1.165, 1.54) is 17.7 Å². The molecule has 3 atom stereocenters. The number of alkyl halides is 1. The molecule has 0 spiro atoms. The van der Waals surface area contributed by atoms with Gasteiger partial charge in [0.05, 0.1) is 12.7 Å². The highest BCUT2D eigenvalue weighted by Gasteiger charge is 2.24. The zero-order valence-electron chi connectivity index (χ0n) is 12.5. The lowest BCUT2D eigenvalue weighted by molar-refractivity contribution is -0.120. The lowest BCUT2D eigenvalue weighted by atomic mass is 10.1. The second-order valence-electron chi connectivity index (χ2n) is 4.96. The molecular weight excluding hydrogens is 407 g/mol. The fourth-order valence-corrected chi connectivity index (χ4v) is 2.40. The van der Waals surface area contributed by atoms with Gasteiger partial charge in [-0.15, -0.1) is 0 Å². The van der Waals surface area contributed by atoms with Gasteiger partial charge in [0.1, 0.15) is 18.9 Å². The van der Waals surface area contributed by atoms with Gasteiger partial charge in [0.25, 0.3) is 5.56 Å². The molecule has 0 radical (unpaired) electrons. The first-order valence-corrected chi connectivity index (χ1v) is 8.31. The molecule has 2 unspecified atom stereocenters. The van der Waals surface area contributed by atoms with Crippen LogP contribution in [0.15, 0.2) is 15.8 Å². The van der Waals surface area contributed by atoms with E-state index in [0.717, 1.165) is 4.57 Å². The predicted octanol–water partition coefficient (Wildman–Crippen LogP) is -1.17. The lowest BCUT2D eigenvalue weighted by Gasteiger charge is -2.24. The molecule has 0 bridgehead atoms. The van der Waals surface area contributed by atoms with E-state index in [0.29, 0.717) is 16.5 Å². The minimum absolute atomic E-state index is 0.240. The molecule has 0 fully saturated rings. The molecule has 9 heteroatoms. The molecule has 126 valence electrons. The van der Waals surface area contributed by atoms with E-state index in [-0.39, 0.29) is 12.3 Å². The number of halogens is 1. The van der Waals surface area contributed by atoms with Crippen LogP contribution in [0.3, 0.4) is 0 Å². The van der Waals surface area contributed by atoms with Gasteiger partial charge in [-0.25, -0.2) is 4.79 Å². The highest BCUT2D eigenvalue weighted by Crippen LogP contribution is 2.05. The minimum Gasteiger partial charge on any atom is -0.394 e. The Morgan fingerprint density at radius 2 is 2.00 bits per heavy atom. The number of aliphatic hydroxyl groups excluding tert-OH is 3. The number of hydrogen-bond donors (Lipinski definition) is 3. The Morgan fingerprint density at radius 1 is 1.36 bits per heavy atom. The molecule has 0 aliphatic carbocycles. The molecule has 0 aliphatic rings. The number of aryl methyl sites for hydroxylation is 1. The minimum atomic E-state index is -1.28. The monoisotopic (exact) mass is 428 g/mol. The standard InChI is InChI=1S/C13H21IN2O6/c1-8-5-15(13(21)16(4-3-14)12(8)20)7-22-10(6-17)11(19)9(2)18/h5,9-11,17-19H,3-4,6-7H2,1-2H3/t9?,10?,11-/m0/s1. The summed E-state index contributed by atoms with van der Waals surface area (Å²) in [5, 5.41) is 28.2. The molecule has 22 heavy (non-hydrogen) atoms. The van der Waals surface area contributed by atoms with Gasteiger partial charge < -0.3 is 20.1 Å². The Kier molecular flexibility index (Phi) is 7.69. The normalized spacial score (nSPS) is 15.5. The third-order valence-electron chi connectivity index (χ3n) is 3.20. The fourth-order valence-electron chi connectivity index (χ4n) is 1.92. The van der Waals surface area contributed by atoms with E-state index in [4.69, 9.17) is 4.74 Å². The molecule has 0 amide bonds. The zero-order chi connectivity index (χ0) is 16.9.